The Morgan fingerprint density at radius 1 is 1.36 bits per heavy atom. The minimum Gasteiger partial charge on any atom is -0.481 e. The quantitative estimate of drug-likeness (QED) is 0.854. The molecule has 22 heavy (non-hydrogen) atoms. The normalized spacial score (nSPS) is 25.5. The molecule has 0 radical (unpaired) electrons. The molecule has 2 saturated heterocycles. The summed E-state index contributed by atoms with van der Waals surface area (Å²) in [5.41, 5.74) is 1.92. The third kappa shape index (κ3) is 3.28. The lowest BCUT2D eigenvalue weighted by molar-refractivity contribution is -0.141. The van der Waals surface area contributed by atoms with Gasteiger partial charge in [-0.05, 0) is 24.1 Å². The molecule has 2 N–H and O–H groups in total. The second-order valence-corrected chi connectivity index (χ2v) is 5.81. The number of hydrogen-bond acceptors (Lipinski definition) is 4. The van der Waals surface area contributed by atoms with E-state index in [4.69, 9.17) is 9.84 Å². The molecule has 1 unspecified atom stereocenters. The smallest absolute Gasteiger partial charge is 0.308 e. The molecule has 0 spiro atoms. The molecule has 0 aliphatic carbocycles. The standard InChI is InChI=1S/C16H20N2O4/c19-15-8-12(16(20)21)10-18(15)13-3-1-11(2-4-13)7-14-9-17-5-6-22-14/h1-4,12,14,17H,5-10H2,(H,20,21)/t12-,14?/m0/s1. The molecule has 2 heterocycles. The molecule has 6 heteroatoms. The van der Waals surface area contributed by atoms with Crippen LogP contribution in [0.25, 0.3) is 0 Å². The van der Waals surface area contributed by atoms with Crippen LogP contribution in [-0.2, 0) is 20.7 Å². The van der Waals surface area contributed by atoms with E-state index in [-0.39, 0.29) is 25.0 Å². The lowest BCUT2D eigenvalue weighted by atomic mass is 10.1. The predicted molar refractivity (Wildman–Crippen MR) is 80.9 cm³/mol. The molecule has 0 saturated carbocycles. The summed E-state index contributed by atoms with van der Waals surface area (Å²) in [5, 5.41) is 12.3. The van der Waals surface area contributed by atoms with E-state index < -0.39 is 11.9 Å². The number of carbonyl (C=O) groups excluding carboxylic acids is 1. The van der Waals surface area contributed by atoms with Gasteiger partial charge in [0, 0.05) is 31.7 Å². The van der Waals surface area contributed by atoms with Crippen molar-refractivity contribution in [2.24, 2.45) is 5.92 Å². The second-order valence-electron chi connectivity index (χ2n) is 5.81. The zero-order valence-electron chi connectivity index (χ0n) is 12.3. The van der Waals surface area contributed by atoms with Gasteiger partial charge in [-0.1, -0.05) is 12.1 Å². The molecule has 1 amide bonds. The largest absolute Gasteiger partial charge is 0.481 e. The van der Waals surface area contributed by atoms with Crippen LogP contribution in [0.5, 0.6) is 0 Å². The average molecular weight is 304 g/mol. The molecular weight excluding hydrogens is 284 g/mol. The van der Waals surface area contributed by atoms with Crippen LogP contribution in [0.15, 0.2) is 24.3 Å². The number of carboxylic acids is 1. The highest BCUT2D eigenvalue weighted by Crippen LogP contribution is 2.25. The number of nitrogens with one attached hydrogen (secondary N) is 1. The molecule has 3 rings (SSSR count). The average Bonchev–Trinajstić information content (AvgIpc) is 2.91. The van der Waals surface area contributed by atoms with Gasteiger partial charge in [0.15, 0.2) is 0 Å². The summed E-state index contributed by atoms with van der Waals surface area (Å²) in [6.07, 6.45) is 1.10. The van der Waals surface area contributed by atoms with Crippen molar-refractivity contribution in [1.29, 1.82) is 0 Å². The van der Waals surface area contributed by atoms with E-state index in [1.807, 2.05) is 24.3 Å². The Kier molecular flexibility index (Phi) is 4.40. The highest BCUT2D eigenvalue weighted by Gasteiger charge is 2.34. The molecule has 2 atom stereocenters. The van der Waals surface area contributed by atoms with E-state index in [9.17, 15) is 9.59 Å². The Morgan fingerprint density at radius 3 is 2.73 bits per heavy atom. The zero-order chi connectivity index (χ0) is 15.5. The van der Waals surface area contributed by atoms with Gasteiger partial charge in [-0.15, -0.1) is 0 Å². The minimum atomic E-state index is -0.908. The van der Waals surface area contributed by atoms with Gasteiger partial charge in [-0.2, -0.15) is 0 Å². The maximum atomic E-state index is 11.9. The number of rotatable bonds is 4. The van der Waals surface area contributed by atoms with Crippen LogP contribution in [0.1, 0.15) is 12.0 Å². The molecule has 0 bridgehead atoms. The Morgan fingerprint density at radius 2 is 2.14 bits per heavy atom. The Labute approximate surface area is 129 Å². The van der Waals surface area contributed by atoms with Crippen molar-refractivity contribution in [1.82, 2.24) is 5.32 Å². The van der Waals surface area contributed by atoms with Crippen LogP contribution in [0, 0.1) is 5.92 Å². The molecule has 2 fully saturated rings. The summed E-state index contributed by atoms with van der Waals surface area (Å²) in [4.78, 5) is 24.5. The molecule has 1 aromatic rings. The van der Waals surface area contributed by atoms with Gasteiger partial charge in [0.25, 0.3) is 0 Å². The van der Waals surface area contributed by atoms with Crippen LogP contribution in [0.3, 0.4) is 0 Å². The number of amides is 1. The summed E-state index contributed by atoms with van der Waals surface area (Å²) in [6, 6.07) is 7.73. The first kappa shape index (κ1) is 15.0. The molecule has 2 aliphatic rings. The predicted octanol–water partition coefficient (Wildman–Crippen LogP) is 0.655. The van der Waals surface area contributed by atoms with Crippen molar-refractivity contribution in [2.75, 3.05) is 31.1 Å². The number of hydrogen-bond donors (Lipinski definition) is 2. The van der Waals surface area contributed by atoms with Crippen molar-refractivity contribution in [2.45, 2.75) is 18.9 Å². The fourth-order valence-electron chi connectivity index (χ4n) is 2.95. The number of nitrogens with zero attached hydrogens (tertiary/aromatic N) is 1. The Balaban J connectivity index is 1.64. The van der Waals surface area contributed by atoms with Crippen molar-refractivity contribution in [3.8, 4) is 0 Å². The topological polar surface area (TPSA) is 78.9 Å². The lowest BCUT2D eigenvalue weighted by Crippen LogP contribution is -2.39. The molecule has 1 aromatic carbocycles. The molecule has 0 aromatic heterocycles. The lowest BCUT2D eigenvalue weighted by Gasteiger charge is -2.24. The van der Waals surface area contributed by atoms with Crippen molar-refractivity contribution < 1.29 is 19.4 Å². The van der Waals surface area contributed by atoms with Gasteiger partial charge in [0.1, 0.15) is 0 Å². The first-order valence-corrected chi connectivity index (χ1v) is 7.58. The molecule has 118 valence electrons. The first-order chi connectivity index (χ1) is 10.6. The van der Waals surface area contributed by atoms with E-state index in [1.165, 1.54) is 0 Å². The number of morpholine rings is 1. The fraction of sp³-hybridized carbons (Fsp3) is 0.500. The van der Waals surface area contributed by atoms with Gasteiger partial charge < -0.3 is 20.1 Å². The van der Waals surface area contributed by atoms with Gasteiger partial charge in [0.05, 0.1) is 18.6 Å². The number of aliphatic carboxylic acids is 1. The maximum absolute atomic E-state index is 11.9. The molecule has 2 aliphatic heterocycles. The molecular formula is C16H20N2O4. The summed E-state index contributed by atoms with van der Waals surface area (Å²) in [5.74, 6) is -1.64. The van der Waals surface area contributed by atoms with Crippen LogP contribution in [0.4, 0.5) is 5.69 Å². The number of ether oxygens (including phenoxy) is 1. The van der Waals surface area contributed by atoms with Gasteiger partial charge >= 0.3 is 5.97 Å². The number of benzene rings is 1. The summed E-state index contributed by atoms with van der Waals surface area (Å²) < 4.78 is 5.68. The second kappa shape index (κ2) is 6.46. The van der Waals surface area contributed by atoms with Crippen LogP contribution in [-0.4, -0.2) is 49.3 Å². The van der Waals surface area contributed by atoms with Crippen molar-refractivity contribution in [3.05, 3.63) is 29.8 Å². The van der Waals surface area contributed by atoms with Crippen molar-refractivity contribution >= 4 is 17.6 Å². The Hall–Kier alpha value is -1.92. The van der Waals surface area contributed by atoms with E-state index in [0.717, 1.165) is 37.4 Å². The van der Waals surface area contributed by atoms with Crippen LogP contribution < -0.4 is 10.2 Å². The number of carboxylic acid groups (broad SMARTS) is 1. The van der Waals surface area contributed by atoms with Crippen molar-refractivity contribution in [3.63, 3.8) is 0 Å². The first-order valence-electron chi connectivity index (χ1n) is 7.58. The van der Waals surface area contributed by atoms with Crippen LogP contribution in [0.2, 0.25) is 0 Å². The fourth-order valence-corrected chi connectivity index (χ4v) is 2.95. The maximum Gasteiger partial charge on any atom is 0.308 e. The monoisotopic (exact) mass is 304 g/mol. The third-order valence-electron chi connectivity index (χ3n) is 4.19. The summed E-state index contributed by atoms with van der Waals surface area (Å²) in [7, 11) is 0. The third-order valence-corrected chi connectivity index (χ3v) is 4.19. The Bertz CT molecular complexity index is 552. The summed E-state index contributed by atoms with van der Waals surface area (Å²) in [6.45, 7) is 2.74. The highest BCUT2D eigenvalue weighted by atomic mass is 16.5. The minimum absolute atomic E-state index is 0.0820. The highest BCUT2D eigenvalue weighted by molar-refractivity contribution is 5.99. The number of anilines is 1. The van der Waals surface area contributed by atoms with Crippen LogP contribution >= 0.6 is 0 Å². The summed E-state index contributed by atoms with van der Waals surface area (Å²) >= 11 is 0. The van der Waals surface area contributed by atoms with Gasteiger partial charge in [-0.25, -0.2) is 0 Å². The molecule has 6 nitrogen and oxygen atoms in total. The number of carbonyl (C=O) groups is 2. The van der Waals surface area contributed by atoms with E-state index in [0.29, 0.717) is 0 Å². The van der Waals surface area contributed by atoms with E-state index in [2.05, 4.69) is 5.32 Å². The van der Waals surface area contributed by atoms with E-state index >= 15 is 0 Å². The SMILES string of the molecule is O=C(O)[C@H]1CC(=O)N(c2ccc(CC3CNCCO3)cc2)C1. The zero-order valence-corrected chi connectivity index (χ0v) is 12.3. The van der Waals surface area contributed by atoms with E-state index in [1.54, 1.807) is 4.90 Å². The van der Waals surface area contributed by atoms with Gasteiger partial charge in [0.2, 0.25) is 5.91 Å². The van der Waals surface area contributed by atoms with Gasteiger partial charge in [-0.3, -0.25) is 9.59 Å².